The molecule has 0 amide bonds. The van der Waals surface area contributed by atoms with Gasteiger partial charge in [-0.15, -0.1) is 5.10 Å². The molecule has 0 spiro atoms. The molecule has 150 valence electrons. The molecular weight excluding hydrogens is 372 g/mol. The smallest absolute Gasteiger partial charge is 0.244 e. The van der Waals surface area contributed by atoms with E-state index in [-0.39, 0.29) is 18.8 Å². The number of ether oxygens (including phenoxy) is 2. The molecule has 2 N–H and O–H groups in total. The third-order valence-electron chi connectivity index (χ3n) is 5.26. The number of aliphatic hydroxyl groups excluding tert-OH is 1. The minimum Gasteiger partial charge on any atom is -0.479 e. The number of fused-ring (bicyclic) bond motifs is 2. The number of pyridine rings is 1. The number of hydrogen-bond acceptors (Lipinski definition) is 7. The molecule has 9 nitrogen and oxygen atoms in total. The SMILES string of the molecule is COc1nc(NC2CC(OCCO)C2)nn2ccc(-c3ccn4nccc4c3)c12. The Balaban J connectivity index is 1.42. The van der Waals surface area contributed by atoms with Gasteiger partial charge in [0.1, 0.15) is 5.52 Å². The van der Waals surface area contributed by atoms with Gasteiger partial charge < -0.3 is 19.9 Å². The van der Waals surface area contributed by atoms with E-state index in [9.17, 15) is 0 Å². The molecule has 0 atom stereocenters. The number of aliphatic hydroxyl groups is 1. The Labute approximate surface area is 166 Å². The average molecular weight is 394 g/mol. The van der Waals surface area contributed by atoms with E-state index in [1.54, 1.807) is 17.8 Å². The molecule has 9 heteroatoms. The molecule has 0 saturated heterocycles. The number of nitrogens with one attached hydrogen (secondary N) is 1. The highest BCUT2D eigenvalue weighted by Gasteiger charge is 2.30. The van der Waals surface area contributed by atoms with Crippen LogP contribution in [0.3, 0.4) is 0 Å². The first-order valence-corrected chi connectivity index (χ1v) is 9.61. The molecule has 0 bridgehead atoms. The molecule has 4 aromatic rings. The van der Waals surface area contributed by atoms with Gasteiger partial charge in [0.05, 0.1) is 31.9 Å². The van der Waals surface area contributed by atoms with Crippen molar-refractivity contribution in [2.24, 2.45) is 0 Å². The van der Waals surface area contributed by atoms with Gasteiger partial charge in [-0.25, -0.2) is 9.03 Å². The van der Waals surface area contributed by atoms with Crippen molar-refractivity contribution in [2.75, 3.05) is 25.6 Å². The van der Waals surface area contributed by atoms with Crippen LogP contribution in [-0.2, 0) is 4.74 Å². The Kier molecular flexibility index (Phi) is 4.53. The van der Waals surface area contributed by atoms with Crippen molar-refractivity contribution in [1.82, 2.24) is 24.2 Å². The van der Waals surface area contributed by atoms with Crippen molar-refractivity contribution >= 4 is 17.0 Å². The van der Waals surface area contributed by atoms with Crippen LogP contribution in [0.2, 0.25) is 0 Å². The molecular formula is C20H22N6O3. The van der Waals surface area contributed by atoms with Crippen LogP contribution in [0.5, 0.6) is 5.88 Å². The number of rotatable bonds is 7. The standard InChI is InChI=1S/C20H22N6O3/c1-28-19-18-17(13-3-6-25-15(10-13)2-5-21-25)4-7-26(18)24-20(23-19)22-14-11-16(12-14)29-9-8-27/h2-7,10,14,16,27H,8-9,11-12H2,1H3,(H,22,24). The maximum atomic E-state index is 8.84. The molecule has 5 rings (SSSR count). The van der Waals surface area contributed by atoms with Gasteiger partial charge in [-0.3, -0.25) is 0 Å². The summed E-state index contributed by atoms with van der Waals surface area (Å²) in [7, 11) is 1.62. The minimum absolute atomic E-state index is 0.0511. The van der Waals surface area contributed by atoms with E-state index < -0.39 is 0 Å². The predicted octanol–water partition coefficient (Wildman–Crippen LogP) is 2.00. The summed E-state index contributed by atoms with van der Waals surface area (Å²) in [6, 6.07) is 8.32. The Morgan fingerprint density at radius 1 is 1.21 bits per heavy atom. The van der Waals surface area contributed by atoms with Crippen LogP contribution in [0, 0.1) is 0 Å². The van der Waals surface area contributed by atoms with Gasteiger partial charge in [0.25, 0.3) is 0 Å². The van der Waals surface area contributed by atoms with E-state index in [1.807, 2.05) is 35.1 Å². The number of hydrogen-bond donors (Lipinski definition) is 2. The van der Waals surface area contributed by atoms with Crippen molar-refractivity contribution in [3.8, 4) is 17.0 Å². The average Bonchev–Trinajstić information content (AvgIpc) is 3.35. The summed E-state index contributed by atoms with van der Waals surface area (Å²) in [4.78, 5) is 4.58. The summed E-state index contributed by atoms with van der Waals surface area (Å²) < 4.78 is 14.7. The first-order chi connectivity index (χ1) is 14.2. The summed E-state index contributed by atoms with van der Waals surface area (Å²) in [5.41, 5.74) is 3.88. The lowest BCUT2D eigenvalue weighted by Gasteiger charge is -2.35. The second-order valence-electron chi connectivity index (χ2n) is 7.11. The molecule has 1 aliphatic rings. The Morgan fingerprint density at radius 2 is 2.07 bits per heavy atom. The molecule has 29 heavy (non-hydrogen) atoms. The molecule has 4 heterocycles. The maximum Gasteiger partial charge on any atom is 0.244 e. The molecule has 1 fully saturated rings. The zero-order chi connectivity index (χ0) is 19.8. The van der Waals surface area contributed by atoms with E-state index in [0.29, 0.717) is 18.4 Å². The monoisotopic (exact) mass is 394 g/mol. The fraction of sp³-hybridized carbons (Fsp3) is 0.350. The third kappa shape index (κ3) is 3.28. The van der Waals surface area contributed by atoms with E-state index in [4.69, 9.17) is 14.6 Å². The van der Waals surface area contributed by atoms with Gasteiger partial charge in [-0.1, -0.05) is 0 Å². The molecule has 0 radical (unpaired) electrons. The first-order valence-electron chi connectivity index (χ1n) is 9.61. The van der Waals surface area contributed by atoms with Crippen LogP contribution in [0.4, 0.5) is 5.95 Å². The second kappa shape index (κ2) is 7.34. The summed E-state index contributed by atoms with van der Waals surface area (Å²) >= 11 is 0. The van der Waals surface area contributed by atoms with Gasteiger partial charge >= 0.3 is 0 Å². The fourth-order valence-corrected chi connectivity index (χ4v) is 3.74. The lowest BCUT2D eigenvalue weighted by Crippen LogP contribution is -2.41. The van der Waals surface area contributed by atoms with Gasteiger partial charge in [0.2, 0.25) is 11.8 Å². The summed E-state index contributed by atoms with van der Waals surface area (Å²) in [6.07, 6.45) is 7.54. The Bertz CT molecular complexity index is 1150. The number of anilines is 1. The molecule has 0 unspecified atom stereocenters. The highest BCUT2D eigenvalue weighted by molar-refractivity contribution is 5.85. The van der Waals surface area contributed by atoms with E-state index in [1.165, 1.54) is 0 Å². The Hall–Kier alpha value is -3.17. The zero-order valence-corrected chi connectivity index (χ0v) is 16.0. The van der Waals surface area contributed by atoms with Crippen molar-refractivity contribution in [3.63, 3.8) is 0 Å². The normalized spacial score (nSPS) is 18.8. The van der Waals surface area contributed by atoms with Gasteiger partial charge in [-0.2, -0.15) is 10.1 Å². The summed E-state index contributed by atoms with van der Waals surface area (Å²) in [6.45, 7) is 0.431. The largest absolute Gasteiger partial charge is 0.479 e. The third-order valence-corrected chi connectivity index (χ3v) is 5.26. The second-order valence-corrected chi connectivity index (χ2v) is 7.11. The highest BCUT2D eigenvalue weighted by atomic mass is 16.5. The molecule has 4 aromatic heterocycles. The van der Waals surface area contributed by atoms with E-state index in [0.717, 1.165) is 35.0 Å². The van der Waals surface area contributed by atoms with Crippen LogP contribution < -0.4 is 10.1 Å². The van der Waals surface area contributed by atoms with Crippen LogP contribution in [0.25, 0.3) is 22.2 Å². The quantitative estimate of drug-likeness (QED) is 0.495. The molecule has 0 aliphatic heterocycles. The van der Waals surface area contributed by atoms with E-state index in [2.05, 4.69) is 26.6 Å². The van der Waals surface area contributed by atoms with Crippen LogP contribution in [0.1, 0.15) is 12.8 Å². The minimum atomic E-state index is 0.0511. The van der Waals surface area contributed by atoms with E-state index >= 15 is 0 Å². The predicted molar refractivity (Wildman–Crippen MR) is 107 cm³/mol. The topological polar surface area (TPSA) is 98.2 Å². The number of nitrogens with zero attached hydrogens (tertiary/aromatic N) is 5. The van der Waals surface area contributed by atoms with Crippen molar-refractivity contribution in [3.05, 3.63) is 42.9 Å². The first kappa shape index (κ1) is 17.9. The lowest BCUT2D eigenvalue weighted by atomic mass is 9.89. The Morgan fingerprint density at radius 3 is 2.90 bits per heavy atom. The molecule has 0 aromatic carbocycles. The maximum absolute atomic E-state index is 8.84. The van der Waals surface area contributed by atoms with Crippen molar-refractivity contribution in [1.29, 1.82) is 0 Å². The van der Waals surface area contributed by atoms with Gasteiger partial charge in [0.15, 0.2) is 0 Å². The van der Waals surface area contributed by atoms with Crippen molar-refractivity contribution < 1.29 is 14.6 Å². The summed E-state index contributed by atoms with van der Waals surface area (Å²) in [5, 5.41) is 21.0. The lowest BCUT2D eigenvalue weighted by molar-refractivity contribution is -0.0196. The fourth-order valence-electron chi connectivity index (χ4n) is 3.74. The van der Waals surface area contributed by atoms with Gasteiger partial charge in [0, 0.05) is 30.2 Å². The van der Waals surface area contributed by atoms with Gasteiger partial charge in [-0.05, 0) is 42.7 Å². The highest BCUT2D eigenvalue weighted by Crippen LogP contribution is 2.33. The van der Waals surface area contributed by atoms with Crippen molar-refractivity contribution in [2.45, 2.75) is 25.0 Å². The molecule has 1 aliphatic carbocycles. The summed E-state index contributed by atoms with van der Waals surface area (Å²) in [5.74, 6) is 1.04. The van der Waals surface area contributed by atoms with Crippen LogP contribution in [-0.4, -0.2) is 61.8 Å². The number of methoxy groups -OCH3 is 1. The molecule has 1 saturated carbocycles. The van der Waals surface area contributed by atoms with Crippen LogP contribution >= 0.6 is 0 Å². The number of aromatic nitrogens is 5. The zero-order valence-electron chi connectivity index (χ0n) is 16.0. The van der Waals surface area contributed by atoms with Crippen LogP contribution in [0.15, 0.2) is 42.9 Å².